The van der Waals surface area contributed by atoms with Crippen LogP contribution in [0.5, 0.6) is 5.75 Å². The lowest BCUT2D eigenvalue weighted by molar-refractivity contribution is -0.385. The molecule has 1 atom stereocenters. The van der Waals surface area contributed by atoms with Crippen LogP contribution in [0.2, 0.25) is 0 Å². The summed E-state index contributed by atoms with van der Waals surface area (Å²) in [6.45, 7) is 2.62. The minimum Gasteiger partial charge on any atom is -0.496 e. The number of hydrogen-bond donors (Lipinski definition) is 1. The van der Waals surface area contributed by atoms with Crippen LogP contribution in [0, 0.1) is 10.1 Å². The summed E-state index contributed by atoms with van der Waals surface area (Å²) in [5, 5.41) is 18.3. The zero-order valence-electron chi connectivity index (χ0n) is 11.3. The number of nitro benzene ring substituents is 1. The Hall–Kier alpha value is -1.92. The maximum absolute atomic E-state index is 10.9. The summed E-state index contributed by atoms with van der Waals surface area (Å²) in [5.41, 5.74) is 2.09. The Bertz CT molecular complexity index is 584. The van der Waals surface area contributed by atoms with Crippen LogP contribution in [0.4, 0.5) is 5.69 Å². The van der Waals surface area contributed by atoms with Gasteiger partial charge in [-0.15, -0.1) is 0 Å². The molecule has 0 bridgehead atoms. The van der Waals surface area contributed by atoms with Crippen LogP contribution in [0.25, 0.3) is 0 Å². The molecular weight excluding hydrogens is 276 g/mol. The molecule has 1 heterocycles. The van der Waals surface area contributed by atoms with E-state index in [4.69, 9.17) is 4.74 Å². The SMILES string of the molecule is COc1cc(CNC(C)c2ccsc2)cc([N+](=O)[O-])c1. The first kappa shape index (κ1) is 14.5. The highest BCUT2D eigenvalue weighted by Crippen LogP contribution is 2.23. The van der Waals surface area contributed by atoms with Gasteiger partial charge in [-0.2, -0.15) is 11.3 Å². The van der Waals surface area contributed by atoms with E-state index in [0.717, 1.165) is 5.56 Å². The normalized spacial score (nSPS) is 12.1. The molecule has 2 aromatic rings. The molecule has 0 aliphatic heterocycles. The summed E-state index contributed by atoms with van der Waals surface area (Å²) in [6.07, 6.45) is 0. The molecule has 1 unspecified atom stereocenters. The lowest BCUT2D eigenvalue weighted by atomic mass is 10.1. The summed E-state index contributed by atoms with van der Waals surface area (Å²) >= 11 is 1.65. The van der Waals surface area contributed by atoms with E-state index in [9.17, 15) is 10.1 Å². The zero-order chi connectivity index (χ0) is 14.5. The molecule has 0 saturated heterocycles. The number of nitro groups is 1. The number of thiophene rings is 1. The predicted molar refractivity (Wildman–Crippen MR) is 79.2 cm³/mol. The predicted octanol–water partition coefficient (Wildman–Crippen LogP) is 3.52. The summed E-state index contributed by atoms with van der Waals surface area (Å²) in [4.78, 5) is 10.5. The minimum absolute atomic E-state index is 0.0457. The minimum atomic E-state index is -0.408. The monoisotopic (exact) mass is 292 g/mol. The Labute approximate surface area is 121 Å². The lowest BCUT2D eigenvalue weighted by Crippen LogP contribution is -2.17. The van der Waals surface area contributed by atoms with Crippen molar-refractivity contribution in [1.29, 1.82) is 0 Å². The average molecular weight is 292 g/mol. The van der Waals surface area contributed by atoms with Gasteiger partial charge in [0.25, 0.3) is 5.69 Å². The third kappa shape index (κ3) is 3.55. The van der Waals surface area contributed by atoms with E-state index in [1.807, 2.05) is 5.38 Å². The molecule has 1 aromatic heterocycles. The Balaban J connectivity index is 2.09. The van der Waals surface area contributed by atoms with Gasteiger partial charge in [0.1, 0.15) is 5.75 Å². The molecule has 1 aromatic carbocycles. The fourth-order valence-electron chi connectivity index (χ4n) is 1.88. The van der Waals surface area contributed by atoms with Gasteiger partial charge in [-0.3, -0.25) is 10.1 Å². The van der Waals surface area contributed by atoms with Crippen LogP contribution < -0.4 is 10.1 Å². The van der Waals surface area contributed by atoms with Crippen molar-refractivity contribution in [2.75, 3.05) is 7.11 Å². The van der Waals surface area contributed by atoms with Crippen LogP contribution in [0.15, 0.2) is 35.0 Å². The molecule has 0 amide bonds. The van der Waals surface area contributed by atoms with E-state index in [2.05, 4.69) is 23.7 Å². The van der Waals surface area contributed by atoms with Gasteiger partial charge in [0.05, 0.1) is 18.1 Å². The number of benzene rings is 1. The van der Waals surface area contributed by atoms with Gasteiger partial charge in [-0.1, -0.05) is 0 Å². The molecule has 20 heavy (non-hydrogen) atoms. The van der Waals surface area contributed by atoms with Gasteiger partial charge in [0, 0.05) is 18.7 Å². The Morgan fingerprint density at radius 3 is 2.85 bits per heavy atom. The van der Waals surface area contributed by atoms with Crippen molar-refractivity contribution in [2.45, 2.75) is 19.5 Å². The second-order valence-corrected chi connectivity index (χ2v) is 5.24. The van der Waals surface area contributed by atoms with Gasteiger partial charge < -0.3 is 10.1 Å². The number of non-ortho nitro benzene ring substituents is 1. The summed E-state index contributed by atoms with van der Waals surface area (Å²) in [6, 6.07) is 7.06. The third-order valence-corrected chi connectivity index (χ3v) is 3.75. The summed E-state index contributed by atoms with van der Waals surface area (Å²) in [7, 11) is 1.50. The molecule has 106 valence electrons. The Morgan fingerprint density at radius 2 is 2.25 bits per heavy atom. The number of rotatable bonds is 6. The number of nitrogens with zero attached hydrogens (tertiary/aromatic N) is 1. The molecule has 5 nitrogen and oxygen atoms in total. The number of ether oxygens (including phenoxy) is 1. The van der Waals surface area contributed by atoms with E-state index >= 15 is 0 Å². The fourth-order valence-corrected chi connectivity index (χ4v) is 2.63. The Morgan fingerprint density at radius 1 is 1.45 bits per heavy atom. The smallest absolute Gasteiger partial charge is 0.273 e. The average Bonchev–Trinajstić information content (AvgIpc) is 2.98. The van der Waals surface area contributed by atoms with Gasteiger partial charge >= 0.3 is 0 Å². The number of methoxy groups -OCH3 is 1. The molecule has 6 heteroatoms. The highest BCUT2D eigenvalue weighted by atomic mass is 32.1. The second kappa shape index (κ2) is 6.49. The van der Waals surface area contributed by atoms with Gasteiger partial charge in [-0.25, -0.2) is 0 Å². The first-order chi connectivity index (χ1) is 9.60. The highest BCUT2D eigenvalue weighted by molar-refractivity contribution is 7.07. The van der Waals surface area contributed by atoms with Crippen molar-refractivity contribution in [3.05, 3.63) is 56.3 Å². The summed E-state index contributed by atoms with van der Waals surface area (Å²) < 4.78 is 5.09. The van der Waals surface area contributed by atoms with Gasteiger partial charge in [0.2, 0.25) is 0 Å². The molecule has 0 fully saturated rings. The molecule has 0 aliphatic rings. The quantitative estimate of drug-likeness (QED) is 0.653. The maximum Gasteiger partial charge on any atom is 0.273 e. The zero-order valence-corrected chi connectivity index (χ0v) is 12.1. The Kier molecular flexibility index (Phi) is 4.70. The van der Waals surface area contributed by atoms with E-state index in [1.165, 1.54) is 18.7 Å². The van der Waals surface area contributed by atoms with E-state index in [-0.39, 0.29) is 11.7 Å². The molecule has 0 spiro atoms. The molecule has 0 saturated carbocycles. The van der Waals surface area contributed by atoms with E-state index < -0.39 is 4.92 Å². The lowest BCUT2D eigenvalue weighted by Gasteiger charge is -2.13. The van der Waals surface area contributed by atoms with Crippen LogP contribution >= 0.6 is 11.3 Å². The van der Waals surface area contributed by atoms with Gasteiger partial charge in [0.15, 0.2) is 0 Å². The highest BCUT2D eigenvalue weighted by Gasteiger charge is 2.11. The van der Waals surface area contributed by atoms with Gasteiger partial charge in [-0.05, 0) is 40.9 Å². The topological polar surface area (TPSA) is 64.4 Å². The van der Waals surface area contributed by atoms with Crippen molar-refractivity contribution in [1.82, 2.24) is 5.32 Å². The van der Waals surface area contributed by atoms with Crippen molar-refractivity contribution in [2.24, 2.45) is 0 Å². The van der Waals surface area contributed by atoms with Crippen molar-refractivity contribution < 1.29 is 9.66 Å². The molecule has 1 N–H and O–H groups in total. The number of nitrogens with one attached hydrogen (secondary N) is 1. The van der Waals surface area contributed by atoms with E-state index in [0.29, 0.717) is 12.3 Å². The summed E-state index contributed by atoms with van der Waals surface area (Å²) in [5.74, 6) is 0.499. The van der Waals surface area contributed by atoms with Crippen LogP contribution in [0.1, 0.15) is 24.1 Å². The number of hydrogen-bond acceptors (Lipinski definition) is 5. The second-order valence-electron chi connectivity index (χ2n) is 4.46. The van der Waals surface area contributed by atoms with Crippen molar-refractivity contribution in [3.63, 3.8) is 0 Å². The van der Waals surface area contributed by atoms with Crippen molar-refractivity contribution >= 4 is 17.0 Å². The van der Waals surface area contributed by atoms with Crippen molar-refractivity contribution in [3.8, 4) is 5.75 Å². The maximum atomic E-state index is 10.9. The van der Waals surface area contributed by atoms with Crippen LogP contribution in [-0.2, 0) is 6.54 Å². The molecule has 0 aliphatic carbocycles. The third-order valence-electron chi connectivity index (χ3n) is 3.05. The molecular formula is C14H16N2O3S. The fraction of sp³-hybridized carbons (Fsp3) is 0.286. The first-order valence-corrected chi connectivity index (χ1v) is 7.12. The molecule has 2 rings (SSSR count). The van der Waals surface area contributed by atoms with Crippen LogP contribution in [-0.4, -0.2) is 12.0 Å². The first-order valence-electron chi connectivity index (χ1n) is 6.18. The largest absolute Gasteiger partial charge is 0.496 e. The molecule has 0 radical (unpaired) electrons. The van der Waals surface area contributed by atoms with Crippen LogP contribution in [0.3, 0.4) is 0 Å². The standard InChI is InChI=1S/C14H16N2O3S/c1-10(12-3-4-20-9-12)15-8-11-5-13(16(17)18)7-14(6-11)19-2/h3-7,9-10,15H,8H2,1-2H3. The van der Waals surface area contributed by atoms with E-state index in [1.54, 1.807) is 23.5 Å².